The van der Waals surface area contributed by atoms with E-state index in [0.717, 1.165) is 5.75 Å². The Kier molecular flexibility index (Phi) is 9.16. The minimum Gasteiger partial charge on any atom is -0.495 e. The molecule has 8 heteroatoms. The first kappa shape index (κ1) is 24.4. The summed E-state index contributed by atoms with van der Waals surface area (Å²) >= 11 is 0. The predicted octanol–water partition coefficient (Wildman–Crippen LogP) is 4.35. The largest absolute Gasteiger partial charge is 0.495 e. The summed E-state index contributed by atoms with van der Waals surface area (Å²) in [5, 5.41) is 2.65. The van der Waals surface area contributed by atoms with Crippen molar-refractivity contribution in [1.82, 2.24) is 0 Å². The lowest BCUT2D eigenvalue weighted by molar-refractivity contribution is -0.119. The first-order chi connectivity index (χ1) is 16.6. The number of nitrogens with one attached hydrogen (secondary N) is 1. The van der Waals surface area contributed by atoms with Crippen LogP contribution in [0.15, 0.2) is 72.8 Å². The average Bonchev–Trinajstić information content (AvgIpc) is 2.87. The van der Waals surface area contributed by atoms with E-state index in [2.05, 4.69) is 5.32 Å². The number of esters is 1. The molecule has 0 aromatic heterocycles. The Morgan fingerprint density at radius 3 is 2.29 bits per heavy atom. The molecule has 0 aliphatic rings. The van der Waals surface area contributed by atoms with E-state index in [1.165, 1.54) is 13.2 Å². The SMILES string of the molecule is CCOc1cc(C(=O)OCC(=O)Nc2ccccc2OC)ccc1OCCOc1ccccc1. The molecule has 0 spiro atoms. The number of benzene rings is 3. The standard InChI is InChI=1S/C26H27NO7/c1-3-31-24-17-19(13-14-23(24)33-16-15-32-20-9-5-4-6-10-20)26(29)34-18-25(28)27-21-11-7-8-12-22(21)30-2/h4-14,17H,3,15-16,18H2,1-2H3,(H,27,28). The van der Waals surface area contributed by atoms with Crippen LogP contribution in [0.5, 0.6) is 23.0 Å². The molecule has 3 aromatic rings. The Balaban J connectivity index is 1.53. The first-order valence-corrected chi connectivity index (χ1v) is 10.8. The Bertz CT molecular complexity index is 1090. The maximum absolute atomic E-state index is 12.5. The van der Waals surface area contributed by atoms with Crippen LogP contribution in [0.2, 0.25) is 0 Å². The minimum absolute atomic E-state index is 0.237. The van der Waals surface area contributed by atoms with Gasteiger partial charge in [0.15, 0.2) is 18.1 Å². The van der Waals surface area contributed by atoms with Gasteiger partial charge in [0.05, 0.1) is 25.0 Å². The van der Waals surface area contributed by atoms with Crippen molar-refractivity contribution in [2.45, 2.75) is 6.92 Å². The van der Waals surface area contributed by atoms with Crippen molar-refractivity contribution in [3.8, 4) is 23.0 Å². The number of rotatable bonds is 12. The lowest BCUT2D eigenvalue weighted by atomic mass is 10.2. The number of hydrogen-bond donors (Lipinski definition) is 1. The van der Waals surface area contributed by atoms with Crippen LogP contribution < -0.4 is 24.3 Å². The molecular formula is C26H27NO7. The third-order valence-electron chi connectivity index (χ3n) is 4.55. The van der Waals surface area contributed by atoms with Crippen LogP contribution in [-0.4, -0.2) is 45.4 Å². The highest BCUT2D eigenvalue weighted by Gasteiger charge is 2.15. The molecule has 0 aliphatic heterocycles. The van der Waals surface area contributed by atoms with Crippen molar-refractivity contribution < 1.29 is 33.3 Å². The molecule has 0 unspecified atom stereocenters. The highest BCUT2D eigenvalue weighted by atomic mass is 16.5. The van der Waals surface area contributed by atoms with E-state index in [1.54, 1.807) is 36.4 Å². The van der Waals surface area contributed by atoms with Crippen molar-refractivity contribution in [3.63, 3.8) is 0 Å². The molecule has 1 amide bonds. The Labute approximate surface area is 198 Å². The number of carbonyl (C=O) groups excluding carboxylic acids is 2. The Morgan fingerprint density at radius 1 is 0.794 bits per heavy atom. The molecule has 8 nitrogen and oxygen atoms in total. The third kappa shape index (κ3) is 7.16. The zero-order valence-corrected chi connectivity index (χ0v) is 19.1. The van der Waals surface area contributed by atoms with Gasteiger partial charge in [-0.3, -0.25) is 4.79 Å². The van der Waals surface area contributed by atoms with E-state index >= 15 is 0 Å². The quantitative estimate of drug-likeness (QED) is 0.314. The van der Waals surface area contributed by atoms with Gasteiger partial charge in [0, 0.05) is 0 Å². The fourth-order valence-corrected chi connectivity index (χ4v) is 3.00. The highest BCUT2D eigenvalue weighted by Crippen LogP contribution is 2.29. The van der Waals surface area contributed by atoms with Gasteiger partial charge in [-0.2, -0.15) is 0 Å². The van der Waals surface area contributed by atoms with Gasteiger partial charge in [-0.1, -0.05) is 30.3 Å². The van der Waals surface area contributed by atoms with Gasteiger partial charge in [-0.15, -0.1) is 0 Å². The number of para-hydroxylation sites is 3. The number of carbonyl (C=O) groups is 2. The lowest BCUT2D eigenvalue weighted by Gasteiger charge is -2.14. The van der Waals surface area contributed by atoms with Gasteiger partial charge in [0.1, 0.15) is 24.7 Å². The smallest absolute Gasteiger partial charge is 0.338 e. The fourth-order valence-electron chi connectivity index (χ4n) is 3.00. The summed E-state index contributed by atoms with van der Waals surface area (Å²) in [5.74, 6) is 0.993. The molecule has 3 rings (SSSR count). The van der Waals surface area contributed by atoms with Crippen LogP contribution >= 0.6 is 0 Å². The molecule has 0 saturated carbocycles. The van der Waals surface area contributed by atoms with Gasteiger partial charge in [0.25, 0.3) is 5.91 Å². The minimum atomic E-state index is -0.657. The van der Waals surface area contributed by atoms with Crippen LogP contribution in [-0.2, 0) is 9.53 Å². The van der Waals surface area contributed by atoms with Gasteiger partial charge in [0.2, 0.25) is 0 Å². The van der Waals surface area contributed by atoms with Crippen LogP contribution in [0, 0.1) is 0 Å². The number of amides is 1. The van der Waals surface area contributed by atoms with Crippen LogP contribution in [0.25, 0.3) is 0 Å². The molecule has 3 aromatic carbocycles. The molecule has 0 atom stereocenters. The second-order valence-corrected chi connectivity index (χ2v) is 6.93. The van der Waals surface area contributed by atoms with Crippen molar-refractivity contribution in [3.05, 3.63) is 78.4 Å². The molecule has 0 bridgehead atoms. The van der Waals surface area contributed by atoms with E-state index in [0.29, 0.717) is 42.8 Å². The van der Waals surface area contributed by atoms with E-state index in [-0.39, 0.29) is 5.56 Å². The molecule has 34 heavy (non-hydrogen) atoms. The lowest BCUT2D eigenvalue weighted by Crippen LogP contribution is -2.21. The molecule has 0 radical (unpaired) electrons. The normalized spacial score (nSPS) is 10.2. The predicted molar refractivity (Wildman–Crippen MR) is 127 cm³/mol. The number of ether oxygens (including phenoxy) is 5. The molecule has 178 valence electrons. The number of anilines is 1. The summed E-state index contributed by atoms with van der Waals surface area (Å²) < 4.78 is 27.3. The summed E-state index contributed by atoms with van der Waals surface area (Å²) in [6, 6.07) is 21.1. The van der Waals surface area contributed by atoms with Gasteiger partial charge >= 0.3 is 5.97 Å². The number of methoxy groups -OCH3 is 1. The highest BCUT2D eigenvalue weighted by molar-refractivity contribution is 5.96. The fraction of sp³-hybridized carbons (Fsp3) is 0.231. The van der Waals surface area contributed by atoms with Crippen LogP contribution in [0.1, 0.15) is 17.3 Å². The zero-order chi connectivity index (χ0) is 24.2. The van der Waals surface area contributed by atoms with E-state index in [4.69, 9.17) is 23.7 Å². The molecule has 0 fully saturated rings. The van der Waals surface area contributed by atoms with Gasteiger partial charge in [-0.05, 0) is 49.4 Å². The summed E-state index contributed by atoms with van der Waals surface area (Å²) in [6.45, 7) is 2.41. The van der Waals surface area contributed by atoms with Crippen molar-refractivity contribution in [2.75, 3.05) is 38.9 Å². The first-order valence-electron chi connectivity index (χ1n) is 10.8. The maximum Gasteiger partial charge on any atom is 0.338 e. The second-order valence-electron chi connectivity index (χ2n) is 6.93. The molecule has 1 N–H and O–H groups in total. The second kappa shape index (κ2) is 12.7. The third-order valence-corrected chi connectivity index (χ3v) is 4.55. The summed E-state index contributed by atoms with van der Waals surface area (Å²) in [7, 11) is 1.50. The van der Waals surface area contributed by atoms with Gasteiger partial charge in [-0.25, -0.2) is 4.79 Å². The average molecular weight is 466 g/mol. The Hall–Kier alpha value is -4.20. The summed E-state index contributed by atoms with van der Waals surface area (Å²) in [4.78, 5) is 24.7. The van der Waals surface area contributed by atoms with E-state index in [1.807, 2.05) is 37.3 Å². The van der Waals surface area contributed by atoms with Crippen LogP contribution in [0.4, 0.5) is 5.69 Å². The van der Waals surface area contributed by atoms with E-state index in [9.17, 15) is 9.59 Å². The van der Waals surface area contributed by atoms with Gasteiger partial charge < -0.3 is 29.0 Å². The maximum atomic E-state index is 12.5. The molecule has 0 aliphatic carbocycles. The molecule has 0 heterocycles. The monoisotopic (exact) mass is 465 g/mol. The van der Waals surface area contributed by atoms with Crippen molar-refractivity contribution >= 4 is 17.6 Å². The molecule has 0 saturated heterocycles. The van der Waals surface area contributed by atoms with Crippen LogP contribution in [0.3, 0.4) is 0 Å². The van der Waals surface area contributed by atoms with E-state index < -0.39 is 18.5 Å². The van der Waals surface area contributed by atoms with Crippen molar-refractivity contribution in [2.24, 2.45) is 0 Å². The number of hydrogen-bond acceptors (Lipinski definition) is 7. The Morgan fingerprint density at radius 2 is 1.53 bits per heavy atom. The zero-order valence-electron chi connectivity index (χ0n) is 19.1. The topological polar surface area (TPSA) is 92.3 Å². The summed E-state index contributed by atoms with van der Waals surface area (Å²) in [6.07, 6.45) is 0. The van der Waals surface area contributed by atoms with Crippen molar-refractivity contribution in [1.29, 1.82) is 0 Å². The summed E-state index contributed by atoms with van der Waals surface area (Å²) in [5.41, 5.74) is 0.726. The molecular weight excluding hydrogens is 438 g/mol.